The highest BCUT2D eigenvalue weighted by atomic mass is 32.1. The van der Waals surface area contributed by atoms with Crippen LogP contribution in [0.15, 0.2) is 47.9 Å². The highest BCUT2D eigenvalue weighted by Gasteiger charge is 2.06. The van der Waals surface area contributed by atoms with Crippen LogP contribution in [-0.4, -0.2) is 23.5 Å². The molecule has 6 nitrogen and oxygen atoms in total. The monoisotopic (exact) mass is 375 g/mol. The van der Waals surface area contributed by atoms with Crippen molar-refractivity contribution in [3.8, 4) is 5.75 Å². The Balaban J connectivity index is 1.68. The van der Waals surface area contributed by atoms with E-state index in [1.54, 1.807) is 12.1 Å². The summed E-state index contributed by atoms with van der Waals surface area (Å²) in [6.45, 7) is 1.71. The summed E-state index contributed by atoms with van der Waals surface area (Å²) >= 11 is 6.45. The van der Waals surface area contributed by atoms with E-state index in [4.69, 9.17) is 17.0 Å². The Kier molecular flexibility index (Phi) is 7.12. The van der Waals surface area contributed by atoms with Gasteiger partial charge in [-0.1, -0.05) is 24.3 Å². The van der Waals surface area contributed by atoms with E-state index in [0.29, 0.717) is 5.75 Å². The number of aryl methyl sites for hydroxylation is 1. The summed E-state index contributed by atoms with van der Waals surface area (Å²) in [6.07, 6.45) is 3.04. The number of thiophene rings is 1. The minimum absolute atomic E-state index is 0.00919. The van der Waals surface area contributed by atoms with Crippen LogP contribution >= 0.6 is 23.6 Å². The largest absolute Gasteiger partial charge is 0.483 e. The van der Waals surface area contributed by atoms with Gasteiger partial charge < -0.3 is 4.74 Å². The molecule has 0 saturated carbocycles. The Morgan fingerprint density at radius 1 is 1.20 bits per heavy atom. The first-order chi connectivity index (χ1) is 12.0. The van der Waals surface area contributed by atoms with Crippen molar-refractivity contribution in [3.05, 3.63) is 58.3 Å². The van der Waals surface area contributed by atoms with Crippen LogP contribution in [0.3, 0.4) is 0 Å². The molecule has 0 aliphatic carbocycles. The van der Waals surface area contributed by atoms with Crippen molar-refractivity contribution in [1.29, 1.82) is 0 Å². The number of carbonyl (C=O) groups excluding carboxylic acids is 2. The summed E-state index contributed by atoms with van der Waals surface area (Å²) in [7, 11) is 0. The average molecular weight is 375 g/mol. The standard InChI is InChI=1S/C17H17N3O3S2/c1-12-5-2-3-7-14(12)23-11-16(22)19-20-17(24)18-15(21)9-8-13-6-4-10-25-13/h2-10H,11H2,1H3,(H,19,22)(H2,18,20,21,24)/b9-8+. The molecule has 1 heterocycles. The van der Waals surface area contributed by atoms with Gasteiger partial charge in [-0.3, -0.25) is 25.8 Å². The maximum absolute atomic E-state index is 11.7. The second-order valence-corrected chi connectivity index (χ2v) is 6.28. The molecule has 0 aliphatic heterocycles. The molecule has 0 spiro atoms. The number of rotatable bonds is 5. The van der Waals surface area contributed by atoms with Crippen LogP contribution in [0.25, 0.3) is 6.08 Å². The van der Waals surface area contributed by atoms with Crippen LogP contribution in [-0.2, 0) is 9.59 Å². The molecule has 8 heteroatoms. The van der Waals surface area contributed by atoms with Crippen molar-refractivity contribution in [3.63, 3.8) is 0 Å². The zero-order chi connectivity index (χ0) is 18.1. The molecule has 2 rings (SSSR count). The van der Waals surface area contributed by atoms with Crippen molar-refractivity contribution in [2.45, 2.75) is 6.92 Å². The van der Waals surface area contributed by atoms with E-state index in [9.17, 15) is 9.59 Å². The molecule has 0 bridgehead atoms. The minimum Gasteiger partial charge on any atom is -0.483 e. The molecule has 2 aromatic rings. The first kappa shape index (κ1) is 18.6. The number of ether oxygens (including phenoxy) is 1. The second-order valence-electron chi connectivity index (χ2n) is 4.89. The number of carbonyl (C=O) groups is 2. The Hall–Kier alpha value is -2.71. The van der Waals surface area contributed by atoms with Crippen LogP contribution in [0.2, 0.25) is 0 Å². The number of thiocarbonyl (C=S) groups is 1. The van der Waals surface area contributed by atoms with Gasteiger partial charge in [0.2, 0.25) is 5.91 Å². The number of hydrogen-bond donors (Lipinski definition) is 3. The predicted octanol–water partition coefficient (Wildman–Crippen LogP) is 2.17. The van der Waals surface area contributed by atoms with Gasteiger partial charge in [0.15, 0.2) is 11.7 Å². The van der Waals surface area contributed by atoms with Gasteiger partial charge in [0.1, 0.15) is 5.75 Å². The fourth-order valence-corrected chi connectivity index (χ4v) is 2.52. The van der Waals surface area contributed by atoms with Gasteiger partial charge >= 0.3 is 0 Å². The molecule has 0 unspecified atom stereocenters. The van der Waals surface area contributed by atoms with Gasteiger partial charge in [-0.15, -0.1) is 11.3 Å². The normalized spacial score (nSPS) is 10.3. The summed E-state index contributed by atoms with van der Waals surface area (Å²) in [5, 5.41) is 4.33. The lowest BCUT2D eigenvalue weighted by atomic mass is 10.2. The highest BCUT2D eigenvalue weighted by Crippen LogP contribution is 2.15. The average Bonchev–Trinajstić information content (AvgIpc) is 3.11. The zero-order valence-electron chi connectivity index (χ0n) is 13.4. The van der Waals surface area contributed by atoms with Crippen LogP contribution in [0.5, 0.6) is 5.75 Å². The van der Waals surface area contributed by atoms with Crippen LogP contribution in [0, 0.1) is 6.92 Å². The number of hydrogen-bond acceptors (Lipinski definition) is 5. The van der Waals surface area contributed by atoms with E-state index in [-0.39, 0.29) is 11.7 Å². The summed E-state index contributed by atoms with van der Waals surface area (Å²) in [5.74, 6) is -0.183. The molecule has 0 aliphatic rings. The van der Waals surface area contributed by atoms with E-state index in [1.807, 2.05) is 42.6 Å². The van der Waals surface area contributed by atoms with Gasteiger partial charge in [0.05, 0.1) is 0 Å². The van der Waals surface area contributed by atoms with E-state index < -0.39 is 11.8 Å². The molecule has 0 radical (unpaired) electrons. The van der Waals surface area contributed by atoms with Crippen molar-refractivity contribution in [2.75, 3.05) is 6.61 Å². The van der Waals surface area contributed by atoms with Gasteiger partial charge in [-0.25, -0.2) is 0 Å². The molecule has 0 fully saturated rings. The Bertz CT molecular complexity index is 773. The topological polar surface area (TPSA) is 79.5 Å². The lowest BCUT2D eigenvalue weighted by Gasteiger charge is -2.11. The summed E-state index contributed by atoms with van der Waals surface area (Å²) in [6, 6.07) is 11.2. The molecule has 1 aromatic carbocycles. The molecule has 25 heavy (non-hydrogen) atoms. The Labute approximate surface area is 154 Å². The Morgan fingerprint density at radius 3 is 2.72 bits per heavy atom. The fraction of sp³-hybridized carbons (Fsp3) is 0.118. The van der Waals surface area contributed by atoms with Gasteiger partial charge in [0, 0.05) is 11.0 Å². The van der Waals surface area contributed by atoms with E-state index in [1.165, 1.54) is 17.4 Å². The smallest absolute Gasteiger partial charge is 0.276 e. The molecular weight excluding hydrogens is 358 g/mol. The summed E-state index contributed by atoms with van der Waals surface area (Å²) in [5.41, 5.74) is 5.74. The molecule has 0 atom stereocenters. The molecule has 2 amide bonds. The third-order valence-corrected chi connectivity index (χ3v) is 3.99. The maximum atomic E-state index is 11.7. The molecular formula is C17H17N3O3S2. The number of hydrazine groups is 1. The third kappa shape index (κ3) is 6.74. The van der Waals surface area contributed by atoms with Crippen molar-refractivity contribution in [1.82, 2.24) is 16.2 Å². The Morgan fingerprint density at radius 2 is 2.00 bits per heavy atom. The first-order valence-electron chi connectivity index (χ1n) is 7.34. The summed E-state index contributed by atoms with van der Waals surface area (Å²) < 4.78 is 5.40. The molecule has 0 saturated heterocycles. The van der Waals surface area contributed by atoms with Gasteiger partial charge in [0.25, 0.3) is 5.91 Å². The number of nitrogens with one attached hydrogen (secondary N) is 3. The van der Waals surface area contributed by atoms with Gasteiger partial charge in [-0.05, 0) is 48.3 Å². The second kappa shape index (κ2) is 9.55. The first-order valence-corrected chi connectivity index (χ1v) is 8.63. The quantitative estimate of drug-likeness (QED) is 0.424. The van der Waals surface area contributed by atoms with Crippen molar-refractivity contribution < 1.29 is 14.3 Å². The van der Waals surface area contributed by atoms with Crippen molar-refractivity contribution >= 4 is 46.6 Å². The number of benzene rings is 1. The maximum Gasteiger partial charge on any atom is 0.276 e. The van der Waals surface area contributed by atoms with E-state index >= 15 is 0 Å². The van der Waals surface area contributed by atoms with Crippen LogP contribution in [0.1, 0.15) is 10.4 Å². The third-order valence-electron chi connectivity index (χ3n) is 2.95. The SMILES string of the molecule is Cc1ccccc1OCC(=O)NNC(=S)NC(=O)/C=C/c1cccs1. The van der Waals surface area contributed by atoms with E-state index in [2.05, 4.69) is 16.2 Å². The lowest BCUT2D eigenvalue weighted by molar-refractivity contribution is -0.123. The molecule has 130 valence electrons. The number of amides is 2. The van der Waals surface area contributed by atoms with Crippen molar-refractivity contribution in [2.24, 2.45) is 0 Å². The van der Waals surface area contributed by atoms with Crippen LogP contribution in [0.4, 0.5) is 0 Å². The minimum atomic E-state index is -0.422. The summed E-state index contributed by atoms with van der Waals surface area (Å²) in [4.78, 5) is 24.4. The number of para-hydroxylation sites is 1. The van der Waals surface area contributed by atoms with E-state index in [0.717, 1.165) is 10.4 Å². The van der Waals surface area contributed by atoms with Gasteiger partial charge in [-0.2, -0.15) is 0 Å². The lowest BCUT2D eigenvalue weighted by Crippen LogP contribution is -2.49. The molecule has 1 aromatic heterocycles. The predicted molar refractivity (Wildman–Crippen MR) is 102 cm³/mol. The highest BCUT2D eigenvalue weighted by molar-refractivity contribution is 7.80. The van der Waals surface area contributed by atoms with Crippen LogP contribution < -0.4 is 20.9 Å². The zero-order valence-corrected chi connectivity index (χ0v) is 15.1. The molecule has 3 N–H and O–H groups in total. The fourth-order valence-electron chi connectivity index (χ4n) is 1.75.